The Morgan fingerprint density at radius 2 is 2.07 bits per heavy atom. The molecule has 82 valence electrons. The van der Waals surface area contributed by atoms with E-state index in [1.165, 1.54) is 0 Å². The van der Waals surface area contributed by atoms with Gasteiger partial charge in [0.2, 0.25) is 0 Å². The Labute approximate surface area is 106 Å². The van der Waals surface area contributed by atoms with E-state index in [9.17, 15) is 5.11 Å². The molecule has 4 heteroatoms. The van der Waals surface area contributed by atoms with Crippen molar-refractivity contribution in [2.24, 2.45) is 0 Å². The monoisotopic (exact) mass is 334 g/mol. The molecule has 2 nitrogen and oxygen atoms in total. The minimum absolute atomic E-state index is 0.0533. The Morgan fingerprint density at radius 3 is 2.67 bits per heavy atom. The number of hydrogen-bond donors (Lipinski definition) is 1. The SMILES string of the molecule is O[C@H]1CCC[C@@H]1Oc1ccc(Br)cc1Br. The highest BCUT2D eigenvalue weighted by Crippen LogP contribution is 2.32. The van der Waals surface area contributed by atoms with Gasteiger partial charge in [-0.3, -0.25) is 0 Å². The van der Waals surface area contributed by atoms with Crippen LogP contribution in [0.2, 0.25) is 0 Å². The van der Waals surface area contributed by atoms with Crippen molar-refractivity contribution in [3.8, 4) is 5.75 Å². The molecule has 1 saturated carbocycles. The predicted octanol–water partition coefficient (Wildman–Crippen LogP) is 3.50. The molecular formula is C11H12Br2O2. The van der Waals surface area contributed by atoms with Crippen LogP contribution in [0, 0.1) is 0 Å². The Kier molecular flexibility index (Phi) is 3.69. The van der Waals surface area contributed by atoms with Gasteiger partial charge < -0.3 is 9.84 Å². The number of hydrogen-bond acceptors (Lipinski definition) is 2. The first-order chi connectivity index (χ1) is 7.16. The lowest BCUT2D eigenvalue weighted by Crippen LogP contribution is -2.25. The zero-order chi connectivity index (χ0) is 10.8. The summed E-state index contributed by atoms with van der Waals surface area (Å²) >= 11 is 6.82. The Bertz CT molecular complexity index is 354. The Hall–Kier alpha value is -0.0600. The summed E-state index contributed by atoms with van der Waals surface area (Å²) in [6.07, 6.45) is 2.45. The maximum absolute atomic E-state index is 9.65. The number of benzene rings is 1. The second-order valence-electron chi connectivity index (χ2n) is 3.73. The third-order valence-corrected chi connectivity index (χ3v) is 3.70. The molecule has 1 aliphatic rings. The molecular weight excluding hydrogens is 324 g/mol. The second-order valence-corrected chi connectivity index (χ2v) is 5.50. The van der Waals surface area contributed by atoms with E-state index in [2.05, 4.69) is 31.9 Å². The minimum atomic E-state index is -0.319. The fourth-order valence-electron chi connectivity index (χ4n) is 1.78. The average molecular weight is 336 g/mol. The molecule has 1 fully saturated rings. The van der Waals surface area contributed by atoms with E-state index in [4.69, 9.17) is 4.74 Å². The maximum atomic E-state index is 9.65. The van der Waals surface area contributed by atoms with Gasteiger partial charge >= 0.3 is 0 Å². The van der Waals surface area contributed by atoms with Crippen LogP contribution in [0.25, 0.3) is 0 Å². The highest BCUT2D eigenvalue weighted by molar-refractivity contribution is 9.11. The lowest BCUT2D eigenvalue weighted by molar-refractivity contribution is 0.0599. The van der Waals surface area contributed by atoms with Crippen LogP contribution in [0.1, 0.15) is 19.3 Å². The van der Waals surface area contributed by atoms with E-state index in [-0.39, 0.29) is 12.2 Å². The summed E-state index contributed by atoms with van der Waals surface area (Å²) in [5, 5.41) is 9.65. The van der Waals surface area contributed by atoms with Gasteiger partial charge in [0.25, 0.3) is 0 Å². The van der Waals surface area contributed by atoms with Crippen LogP contribution >= 0.6 is 31.9 Å². The van der Waals surface area contributed by atoms with Gasteiger partial charge in [-0.1, -0.05) is 15.9 Å². The summed E-state index contributed by atoms with van der Waals surface area (Å²) in [4.78, 5) is 0. The molecule has 1 aromatic rings. The molecule has 0 unspecified atom stereocenters. The van der Waals surface area contributed by atoms with Crippen molar-refractivity contribution < 1.29 is 9.84 Å². The van der Waals surface area contributed by atoms with Crippen molar-refractivity contribution in [1.29, 1.82) is 0 Å². The van der Waals surface area contributed by atoms with Gasteiger partial charge in [-0.15, -0.1) is 0 Å². The number of aliphatic hydroxyl groups excluding tert-OH is 1. The summed E-state index contributed by atoms with van der Waals surface area (Å²) in [7, 11) is 0. The fourth-order valence-corrected chi connectivity index (χ4v) is 2.92. The van der Waals surface area contributed by atoms with Crippen molar-refractivity contribution in [2.75, 3.05) is 0 Å². The fraction of sp³-hybridized carbons (Fsp3) is 0.455. The zero-order valence-electron chi connectivity index (χ0n) is 8.12. The molecule has 0 amide bonds. The lowest BCUT2D eigenvalue weighted by atomic mass is 10.2. The standard InChI is InChI=1S/C11H12Br2O2/c12-7-4-5-10(8(13)6-7)15-11-3-1-2-9(11)14/h4-6,9,11,14H,1-3H2/t9-,11-/m0/s1. The van der Waals surface area contributed by atoms with Crippen LogP contribution in [0.15, 0.2) is 27.1 Å². The number of halogens is 2. The first kappa shape index (κ1) is 11.4. The molecule has 1 aliphatic carbocycles. The van der Waals surface area contributed by atoms with E-state index in [0.29, 0.717) is 0 Å². The third kappa shape index (κ3) is 2.74. The summed E-state index contributed by atoms with van der Waals surface area (Å²) in [5.74, 6) is 0.796. The number of rotatable bonds is 2. The molecule has 0 aliphatic heterocycles. The predicted molar refractivity (Wildman–Crippen MR) is 66.1 cm³/mol. The maximum Gasteiger partial charge on any atom is 0.134 e. The van der Waals surface area contributed by atoms with Gasteiger partial charge in [0.1, 0.15) is 11.9 Å². The first-order valence-electron chi connectivity index (χ1n) is 4.96. The van der Waals surface area contributed by atoms with E-state index in [1.54, 1.807) is 0 Å². The van der Waals surface area contributed by atoms with Crippen LogP contribution in [-0.2, 0) is 0 Å². The molecule has 2 atom stereocenters. The third-order valence-electron chi connectivity index (χ3n) is 2.59. The van der Waals surface area contributed by atoms with Crippen molar-refractivity contribution in [3.05, 3.63) is 27.1 Å². The molecule has 0 aromatic heterocycles. The van der Waals surface area contributed by atoms with Gasteiger partial charge in [0, 0.05) is 4.47 Å². The van der Waals surface area contributed by atoms with Crippen molar-refractivity contribution >= 4 is 31.9 Å². The molecule has 1 N–H and O–H groups in total. The normalized spacial score (nSPS) is 25.5. The lowest BCUT2D eigenvalue weighted by Gasteiger charge is -2.18. The largest absolute Gasteiger partial charge is 0.487 e. The van der Waals surface area contributed by atoms with Gasteiger partial charge in [-0.05, 0) is 53.4 Å². The first-order valence-corrected chi connectivity index (χ1v) is 6.55. The molecule has 0 bridgehead atoms. The smallest absolute Gasteiger partial charge is 0.134 e. The molecule has 15 heavy (non-hydrogen) atoms. The van der Waals surface area contributed by atoms with Crippen LogP contribution in [0.5, 0.6) is 5.75 Å². The summed E-state index contributed by atoms with van der Waals surface area (Å²) in [5.41, 5.74) is 0. The quantitative estimate of drug-likeness (QED) is 0.896. The topological polar surface area (TPSA) is 29.5 Å². The van der Waals surface area contributed by atoms with Crippen molar-refractivity contribution in [2.45, 2.75) is 31.5 Å². The van der Waals surface area contributed by atoms with E-state index >= 15 is 0 Å². The van der Waals surface area contributed by atoms with E-state index in [0.717, 1.165) is 34.0 Å². The van der Waals surface area contributed by atoms with Gasteiger partial charge in [0.05, 0.1) is 10.6 Å². The molecule has 0 saturated heterocycles. The molecule has 1 aromatic carbocycles. The highest BCUT2D eigenvalue weighted by atomic mass is 79.9. The van der Waals surface area contributed by atoms with Crippen LogP contribution in [0.4, 0.5) is 0 Å². The van der Waals surface area contributed by atoms with Crippen molar-refractivity contribution in [1.82, 2.24) is 0 Å². The number of ether oxygens (including phenoxy) is 1. The van der Waals surface area contributed by atoms with Crippen LogP contribution in [-0.4, -0.2) is 17.3 Å². The Balaban J connectivity index is 2.10. The zero-order valence-corrected chi connectivity index (χ0v) is 11.3. The number of aliphatic hydroxyl groups is 1. The highest BCUT2D eigenvalue weighted by Gasteiger charge is 2.27. The summed E-state index contributed by atoms with van der Waals surface area (Å²) < 4.78 is 7.68. The van der Waals surface area contributed by atoms with Gasteiger partial charge in [-0.25, -0.2) is 0 Å². The second kappa shape index (κ2) is 4.85. The van der Waals surface area contributed by atoms with E-state index in [1.807, 2.05) is 18.2 Å². The molecule has 2 rings (SSSR count). The van der Waals surface area contributed by atoms with E-state index < -0.39 is 0 Å². The van der Waals surface area contributed by atoms with Gasteiger partial charge in [0.15, 0.2) is 0 Å². The molecule has 0 radical (unpaired) electrons. The average Bonchev–Trinajstić information content (AvgIpc) is 2.57. The minimum Gasteiger partial charge on any atom is -0.487 e. The van der Waals surface area contributed by atoms with Crippen LogP contribution < -0.4 is 4.74 Å². The molecule has 0 heterocycles. The summed E-state index contributed by atoms with van der Waals surface area (Å²) in [6.45, 7) is 0. The van der Waals surface area contributed by atoms with Gasteiger partial charge in [-0.2, -0.15) is 0 Å². The summed E-state index contributed by atoms with van der Waals surface area (Å²) in [6, 6.07) is 5.78. The van der Waals surface area contributed by atoms with Crippen molar-refractivity contribution in [3.63, 3.8) is 0 Å². The van der Waals surface area contributed by atoms with Crippen LogP contribution in [0.3, 0.4) is 0 Å². The molecule has 0 spiro atoms. The Morgan fingerprint density at radius 1 is 1.27 bits per heavy atom.